The molecule has 2 aromatic carbocycles. The largest absolute Gasteiger partial charge is 0.505 e. The summed E-state index contributed by atoms with van der Waals surface area (Å²) in [5.74, 6) is -1.95. The van der Waals surface area contributed by atoms with Crippen molar-refractivity contribution in [2.45, 2.75) is 13.5 Å². The van der Waals surface area contributed by atoms with Gasteiger partial charge in [-0.1, -0.05) is 53.0 Å². The van der Waals surface area contributed by atoms with Crippen molar-refractivity contribution in [3.63, 3.8) is 0 Å². The maximum Gasteiger partial charge on any atom is 0.329 e. The summed E-state index contributed by atoms with van der Waals surface area (Å²) in [4.78, 5) is 23.4. The Morgan fingerprint density at radius 2 is 1.72 bits per heavy atom. The van der Waals surface area contributed by atoms with Gasteiger partial charge in [-0.15, -0.1) is 0 Å². The van der Waals surface area contributed by atoms with Gasteiger partial charge in [0.2, 0.25) is 0 Å². The Labute approximate surface area is 154 Å². The van der Waals surface area contributed by atoms with Crippen molar-refractivity contribution in [1.29, 1.82) is 0 Å². The lowest BCUT2D eigenvalue weighted by Crippen LogP contribution is -2.37. The second-order valence-electron chi connectivity index (χ2n) is 5.20. The molecule has 0 saturated heterocycles. The summed E-state index contributed by atoms with van der Waals surface area (Å²) in [5.41, 5.74) is 4.54. The van der Waals surface area contributed by atoms with Gasteiger partial charge in [0.15, 0.2) is 5.75 Å². The van der Waals surface area contributed by atoms with Crippen molar-refractivity contribution < 1.29 is 14.7 Å². The summed E-state index contributed by atoms with van der Waals surface area (Å²) in [6.07, 6.45) is 1.25. The third-order valence-electron chi connectivity index (χ3n) is 3.20. The fraction of sp³-hybridized carbons (Fsp3) is 0.118. The predicted octanol–water partition coefficient (Wildman–Crippen LogP) is 2.77. The number of nitrogens with one attached hydrogen (secondary N) is 2. The zero-order valence-corrected chi connectivity index (χ0v) is 14.7. The van der Waals surface area contributed by atoms with Crippen LogP contribution in [0.2, 0.25) is 10.0 Å². The van der Waals surface area contributed by atoms with Crippen LogP contribution in [-0.2, 0) is 16.1 Å². The highest BCUT2D eigenvalue weighted by Gasteiger charge is 2.12. The summed E-state index contributed by atoms with van der Waals surface area (Å²) in [6, 6.07) is 10.4. The normalized spacial score (nSPS) is 10.7. The lowest BCUT2D eigenvalue weighted by Gasteiger charge is -2.05. The van der Waals surface area contributed by atoms with Crippen LogP contribution in [0.4, 0.5) is 0 Å². The zero-order valence-electron chi connectivity index (χ0n) is 13.2. The highest BCUT2D eigenvalue weighted by molar-refractivity contribution is 6.37. The van der Waals surface area contributed by atoms with E-state index in [9.17, 15) is 14.7 Å². The molecule has 0 aliphatic rings. The fourth-order valence-corrected chi connectivity index (χ4v) is 2.35. The fourth-order valence-electron chi connectivity index (χ4n) is 1.84. The van der Waals surface area contributed by atoms with Gasteiger partial charge in [0.1, 0.15) is 0 Å². The van der Waals surface area contributed by atoms with E-state index in [4.69, 9.17) is 23.2 Å². The molecule has 0 radical (unpaired) electrons. The number of phenolic OH excluding ortho intramolecular Hbond substituents is 1. The van der Waals surface area contributed by atoms with Gasteiger partial charge in [0.25, 0.3) is 0 Å². The van der Waals surface area contributed by atoms with E-state index in [-0.39, 0.29) is 22.3 Å². The van der Waals surface area contributed by atoms with E-state index < -0.39 is 11.8 Å². The molecule has 0 atom stereocenters. The number of phenols is 1. The molecule has 0 aromatic heterocycles. The van der Waals surface area contributed by atoms with Crippen molar-refractivity contribution in [1.82, 2.24) is 10.7 Å². The van der Waals surface area contributed by atoms with E-state index in [0.717, 1.165) is 11.1 Å². The van der Waals surface area contributed by atoms with Crippen molar-refractivity contribution >= 4 is 41.2 Å². The van der Waals surface area contributed by atoms with Gasteiger partial charge >= 0.3 is 11.8 Å². The van der Waals surface area contributed by atoms with Gasteiger partial charge in [0.05, 0.1) is 16.3 Å². The second-order valence-corrected chi connectivity index (χ2v) is 6.01. The van der Waals surface area contributed by atoms with Gasteiger partial charge in [-0.3, -0.25) is 9.59 Å². The van der Waals surface area contributed by atoms with Gasteiger partial charge in [0, 0.05) is 6.54 Å². The standard InChI is InChI=1S/C17H15Cl2N3O3/c1-10-2-4-11(5-3-10)8-20-16(24)17(25)22-21-9-12-6-13(18)15(23)14(19)7-12/h2-7,9,23H,8H2,1H3,(H,20,24)(H,22,25)/b21-9+. The first-order chi connectivity index (χ1) is 11.9. The van der Waals surface area contributed by atoms with Crippen LogP contribution in [0.1, 0.15) is 16.7 Å². The average molecular weight is 380 g/mol. The van der Waals surface area contributed by atoms with Gasteiger partial charge < -0.3 is 10.4 Å². The van der Waals surface area contributed by atoms with Crippen LogP contribution >= 0.6 is 23.2 Å². The summed E-state index contributed by atoms with van der Waals surface area (Å²) in [5, 5.41) is 15.7. The summed E-state index contributed by atoms with van der Waals surface area (Å²) >= 11 is 11.5. The van der Waals surface area contributed by atoms with Crippen molar-refractivity contribution in [2.75, 3.05) is 0 Å². The topological polar surface area (TPSA) is 90.8 Å². The molecule has 0 aliphatic carbocycles. The Balaban J connectivity index is 1.86. The molecule has 2 aromatic rings. The number of hydrogen-bond acceptors (Lipinski definition) is 4. The highest BCUT2D eigenvalue weighted by atomic mass is 35.5. The third-order valence-corrected chi connectivity index (χ3v) is 3.78. The Bertz CT molecular complexity index is 797. The number of carbonyl (C=O) groups excluding carboxylic acids is 2. The number of hydrogen-bond donors (Lipinski definition) is 3. The van der Waals surface area contributed by atoms with Crippen LogP contribution in [0.5, 0.6) is 5.75 Å². The Morgan fingerprint density at radius 1 is 1.12 bits per heavy atom. The minimum absolute atomic E-state index is 0.0520. The molecule has 25 heavy (non-hydrogen) atoms. The maximum atomic E-state index is 11.7. The number of carbonyl (C=O) groups is 2. The van der Waals surface area contributed by atoms with Gasteiger partial charge in [-0.25, -0.2) is 5.43 Å². The molecule has 130 valence electrons. The molecule has 2 rings (SSSR count). The Hall–Kier alpha value is -2.57. The van der Waals surface area contributed by atoms with E-state index in [2.05, 4.69) is 15.8 Å². The third kappa shape index (κ3) is 5.48. The van der Waals surface area contributed by atoms with E-state index in [0.29, 0.717) is 5.56 Å². The predicted molar refractivity (Wildman–Crippen MR) is 96.9 cm³/mol. The number of halogens is 2. The average Bonchev–Trinajstić information content (AvgIpc) is 2.58. The van der Waals surface area contributed by atoms with Gasteiger partial charge in [-0.05, 0) is 30.2 Å². The molecular formula is C17H15Cl2N3O3. The minimum atomic E-state index is -0.903. The molecule has 0 bridgehead atoms. The van der Waals surface area contributed by atoms with E-state index in [1.54, 1.807) is 0 Å². The molecule has 0 aliphatic heterocycles. The first-order valence-electron chi connectivity index (χ1n) is 7.21. The number of benzene rings is 2. The maximum absolute atomic E-state index is 11.7. The van der Waals surface area contributed by atoms with E-state index in [1.165, 1.54) is 18.3 Å². The molecule has 3 N–H and O–H groups in total. The van der Waals surface area contributed by atoms with Crippen LogP contribution in [0.3, 0.4) is 0 Å². The van der Waals surface area contributed by atoms with Crippen LogP contribution in [0.15, 0.2) is 41.5 Å². The summed E-state index contributed by atoms with van der Waals surface area (Å²) < 4.78 is 0. The molecular weight excluding hydrogens is 365 g/mol. The quantitative estimate of drug-likeness (QED) is 0.433. The lowest BCUT2D eigenvalue weighted by atomic mass is 10.1. The first kappa shape index (κ1) is 18.8. The SMILES string of the molecule is Cc1ccc(CNC(=O)C(=O)N/N=C/c2cc(Cl)c(O)c(Cl)c2)cc1. The molecule has 0 heterocycles. The summed E-state index contributed by atoms with van der Waals surface area (Å²) in [7, 11) is 0. The number of amides is 2. The molecule has 0 unspecified atom stereocenters. The highest BCUT2D eigenvalue weighted by Crippen LogP contribution is 2.32. The number of aromatic hydroxyl groups is 1. The monoisotopic (exact) mass is 379 g/mol. The number of rotatable bonds is 4. The van der Waals surface area contributed by atoms with Crippen LogP contribution in [0.25, 0.3) is 0 Å². The molecule has 0 fully saturated rings. The number of nitrogens with zero attached hydrogens (tertiary/aromatic N) is 1. The first-order valence-corrected chi connectivity index (χ1v) is 7.97. The van der Waals surface area contributed by atoms with Crippen LogP contribution in [0, 0.1) is 6.92 Å². The van der Waals surface area contributed by atoms with E-state index >= 15 is 0 Å². The molecule has 0 saturated carbocycles. The van der Waals surface area contributed by atoms with Crippen molar-refractivity contribution in [3.05, 3.63) is 63.1 Å². The molecule has 6 nitrogen and oxygen atoms in total. The minimum Gasteiger partial charge on any atom is -0.505 e. The second kappa shape index (κ2) is 8.50. The van der Waals surface area contributed by atoms with Crippen LogP contribution < -0.4 is 10.7 Å². The zero-order chi connectivity index (χ0) is 18.4. The van der Waals surface area contributed by atoms with Crippen molar-refractivity contribution in [3.8, 4) is 5.75 Å². The molecule has 0 spiro atoms. The number of hydrazone groups is 1. The Kier molecular flexibility index (Phi) is 6.38. The van der Waals surface area contributed by atoms with Crippen molar-refractivity contribution in [2.24, 2.45) is 5.10 Å². The molecule has 2 amide bonds. The summed E-state index contributed by atoms with van der Waals surface area (Å²) in [6.45, 7) is 2.20. The number of aryl methyl sites for hydroxylation is 1. The lowest BCUT2D eigenvalue weighted by molar-refractivity contribution is -0.139. The Morgan fingerprint density at radius 3 is 2.32 bits per heavy atom. The van der Waals surface area contributed by atoms with E-state index in [1.807, 2.05) is 31.2 Å². The molecule has 8 heteroatoms. The van der Waals surface area contributed by atoms with Crippen LogP contribution in [-0.4, -0.2) is 23.1 Å². The smallest absolute Gasteiger partial charge is 0.329 e. The van der Waals surface area contributed by atoms with Gasteiger partial charge in [-0.2, -0.15) is 5.10 Å².